The molecular weight excluding hydrogens is 450 g/mol. The average molecular weight is 468 g/mol. The fourth-order valence-corrected chi connectivity index (χ4v) is 5.65. The van der Waals surface area contributed by atoms with Gasteiger partial charge in [-0.05, 0) is 36.4 Å². The number of amides is 1. The van der Waals surface area contributed by atoms with Crippen LogP contribution in [0.15, 0.2) is 41.3 Å². The number of carbonyl (C=O) groups is 1. The number of nitrogens with one attached hydrogen (secondary N) is 1. The second-order valence-electron chi connectivity index (χ2n) is 6.46. The molecule has 1 fully saturated rings. The van der Waals surface area contributed by atoms with Crippen molar-refractivity contribution >= 4 is 54.2 Å². The molecule has 3 aromatic rings. The molecule has 1 aliphatic heterocycles. The number of methoxy groups -OCH3 is 1. The number of thiazole rings is 1. The van der Waals surface area contributed by atoms with Crippen LogP contribution in [0.25, 0.3) is 10.2 Å². The van der Waals surface area contributed by atoms with E-state index in [0.29, 0.717) is 28.9 Å². The highest BCUT2D eigenvalue weighted by molar-refractivity contribution is 7.89. The Labute approximate surface area is 182 Å². The lowest BCUT2D eigenvalue weighted by Gasteiger charge is -2.26. The van der Waals surface area contributed by atoms with Gasteiger partial charge in [-0.3, -0.25) is 10.1 Å². The highest BCUT2D eigenvalue weighted by atomic mass is 35.5. The SMILES string of the molecule is COc1ccc(S(=O)(=O)N2CCOCC2)cc1C(=O)Nc1nc2ccc(Cl)cc2s1. The fraction of sp³-hybridized carbons (Fsp3) is 0.263. The summed E-state index contributed by atoms with van der Waals surface area (Å²) in [5.41, 5.74) is 0.805. The summed E-state index contributed by atoms with van der Waals surface area (Å²) < 4.78 is 38.6. The third-order valence-electron chi connectivity index (χ3n) is 4.59. The van der Waals surface area contributed by atoms with Crippen molar-refractivity contribution in [2.45, 2.75) is 4.90 Å². The summed E-state index contributed by atoms with van der Waals surface area (Å²) in [7, 11) is -2.33. The van der Waals surface area contributed by atoms with Gasteiger partial charge in [-0.1, -0.05) is 22.9 Å². The highest BCUT2D eigenvalue weighted by Crippen LogP contribution is 2.30. The summed E-state index contributed by atoms with van der Waals surface area (Å²) in [4.78, 5) is 17.3. The first-order chi connectivity index (χ1) is 14.4. The number of hydrogen-bond acceptors (Lipinski definition) is 7. The third kappa shape index (κ3) is 4.14. The Bertz CT molecular complexity index is 1210. The van der Waals surface area contributed by atoms with Gasteiger partial charge in [0.1, 0.15) is 5.75 Å². The Hall–Kier alpha value is -2.24. The minimum absolute atomic E-state index is 0.0198. The van der Waals surface area contributed by atoms with E-state index >= 15 is 0 Å². The van der Waals surface area contributed by atoms with E-state index in [-0.39, 0.29) is 29.3 Å². The number of hydrogen-bond donors (Lipinski definition) is 1. The summed E-state index contributed by atoms with van der Waals surface area (Å²) in [6.07, 6.45) is 0. The van der Waals surface area contributed by atoms with Crippen LogP contribution in [0.3, 0.4) is 0 Å². The van der Waals surface area contributed by atoms with E-state index in [1.165, 1.54) is 41.0 Å². The summed E-state index contributed by atoms with van der Waals surface area (Å²) in [6, 6.07) is 9.47. The summed E-state index contributed by atoms with van der Waals surface area (Å²) in [5, 5.41) is 3.67. The molecule has 0 bridgehead atoms. The first kappa shape index (κ1) is 21.0. The molecule has 2 aromatic carbocycles. The fourth-order valence-electron chi connectivity index (χ4n) is 3.08. The van der Waals surface area contributed by atoms with Crippen LogP contribution in [-0.2, 0) is 14.8 Å². The molecular formula is C19H18ClN3O5S2. The third-order valence-corrected chi connectivity index (χ3v) is 7.66. The molecule has 0 radical (unpaired) electrons. The molecule has 1 aromatic heterocycles. The van der Waals surface area contributed by atoms with Gasteiger partial charge in [0.25, 0.3) is 5.91 Å². The number of anilines is 1. The van der Waals surface area contributed by atoms with Gasteiger partial charge >= 0.3 is 0 Å². The van der Waals surface area contributed by atoms with Crippen LogP contribution < -0.4 is 10.1 Å². The van der Waals surface area contributed by atoms with E-state index in [4.69, 9.17) is 21.1 Å². The highest BCUT2D eigenvalue weighted by Gasteiger charge is 2.28. The Balaban J connectivity index is 1.64. The van der Waals surface area contributed by atoms with Crippen molar-refractivity contribution in [3.05, 3.63) is 47.0 Å². The number of halogens is 1. The lowest BCUT2D eigenvalue weighted by molar-refractivity contribution is 0.0730. The lowest BCUT2D eigenvalue weighted by Crippen LogP contribution is -2.40. The molecule has 4 rings (SSSR count). The summed E-state index contributed by atoms with van der Waals surface area (Å²) in [5.74, 6) is -0.256. The molecule has 11 heteroatoms. The van der Waals surface area contributed by atoms with Crippen molar-refractivity contribution < 1.29 is 22.7 Å². The van der Waals surface area contributed by atoms with Crippen LogP contribution in [0.2, 0.25) is 5.02 Å². The lowest BCUT2D eigenvalue weighted by atomic mass is 10.2. The zero-order chi connectivity index (χ0) is 21.3. The van der Waals surface area contributed by atoms with Crippen molar-refractivity contribution in [1.82, 2.24) is 9.29 Å². The molecule has 0 unspecified atom stereocenters. The first-order valence-corrected chi connectivity index (χ1v) is 11.7. The molecule has 1 saturated heterocycles. The minimum atomic E-state index is -3.75. The Morgan fingerprint density at radius 1 is 1.23 bits per heavy atom. The molecule has 0 spiro atoms. The van der Waals surface area contributed by atoms with E-state index in [0.717, 1.165) is 4.70 Å². The molecule has 1 amide bonds. The number of morpholine rings is 1. The number of rotatable bonds is 5. The van der Waals surface area contributed by atoms with E-state index in [1.807, 2.05) is 0 Å². The molecule has 30 heavy (non-hydrogen) atoms. The van der Waals surface area contributed by atoms with E-state index < -0.39 is 15.9 Å². The van der Waals surface area contributed by atoms with Gasteiger partial charge in [0.2, 0.25) is 10.0 Å². The van der Waals surface area contributed by atoms with Gasteiger partial charge in [0.15, 0.2) is 5.13 Å². The maximum atomic E-state index is 12.9. The minimum Gasteiger partial charge on any atom is -0.496 e. The normalized spacial score (nSPS) is 15.3. The number of sulfonamides is 1. The molecule has 0 atom stereocenters. The van der Waals surface area contributed by atoms with Crippen molar-refractivity contribution in [3.63, 3.8) is 0 Å². The van der Waals surface area contributed by atoms with Crippen LogP contribution in [0.4, 0.5) is 5.13 Å². The van der Waals surface area contributed by atoms with Crippen LogP contribution in [0.5, 0.6) is 5.75 Å². The number of fused-ring (bicyclic) bond motifs is 1. The standard InChI is InChI=1S/C19H18ClN3O5S2/c1-27-16-5-3-13(30(25,26)23-6-8-28-9-7-23)11-14(16)18(24)22-19-21-15-4-2-12(20)10-17(15)29-19/h2-5,10-11H,6-9H2,1H3,(H,21,22,24). The van der Waals surface area contributed by atoms with Crippen LogP contribution in [0, 0.1) is 0 Å². The topological polar surface area (TPSA) is 97.8 Å². The smallest absolute Gasteiger partial charge is 0.261 e. The monoisotopic (exact) mass is 467 g/mol. The average Bonchev–Trinajstić information content (AvgIpc) is 3.15. The van der Waals surface area contributed by atoms with Gasteiger partial charge in [-0.2, -0.15) is 4.31 Å². The quantitative estimate of drug-likeness (QED) is 0.618. The van der Waals surface area contributed by atoms with Crippen LogP contribution >= 0.6 is 22.9 Å². The molecule has 1 N–H and O–H groups in total. The zero-order valence-corrected chi connectivity index (χ0v) is 18.3. The molecule has 0 aliphatic carbocycles. The Morgan fingerprint density at radius 2 is 2.00 bits per heavy atom. The largest absolute Gasteiger partial charge is 0.496 e. The summed E-state index contributed by atoms with van der Waals surface area (Å²) >= 11 is 7.27. The summed E-state index contributed by atoms with van der Waals surface area (Å²) in [6.45, 7) is 1.21. The second kappa shape index (κ2) is 8.48. The number of nitrogens with zero attached hydrogens (tertiary/aromatic N) is 2. The number of carbonyl (C=O) groups excluding carboxylic acids is 1. The van der Waals surface area contributed by atoms with E-state index in [2.05, 4.69) is 10.3 Å². The van der Waals surface area contributed by atoms with Gasteiger partial charge in [-0.15, -0.1) is 0 Å². The maximum absolute atomic E-state index is 12.9. The molecule has 8 nitrogen and oxygen atoms in total. The first-order valence-electron chi connectivity index (χ1n) is 9.02. The van der Waals surface area contributed by atoms with E-state index in [9.17, 15) is 13.2 Å². The van der Waals surface area contributed by atoms with Crippen molar-refractivity contribution in [3.8, 4) is 5.75 Å². The molecule has 0 saturated carbocycles. The molecule has 2 heterocycles. The number of benzene rings is 2. The molecule has 1 aliphatic rings. The number of ether oxygens (including phenoxy) is 2. The van der Waals surface area contributed by atoms with Gasteiger partial charge < -0.3 is 9.47 Å². The van der Waals surface area contributed by atoms with E-state index in [1.54, 1.807) is 18.2 Å². The maximum Gasteiger partial charge on any atom is 0.261 e. The van der Waals surface area contributed by atoms with Crippen molar-refractivity contribution in [2.24, 2.45) is 0 Å². The molecule has 158 valence electrons. The van der Waals surface area contributed by atoms with Crippen LogP contribution in [-0.4, -0.2) is 57.0 Å². The predicted octanol–water partition coefficient (Wildman–Crippen LogP) is 3.23. The van der Waals surface area contributed by atoms with Gasteiger partial charge in [0, 0.05) is 18.1 Å². The second-order valence-corrected chi connectivity index (χ2v) is 9.87. The van der Waals surface area contributed by atoms with Crippen LogP contribution in [0.1, 0.15) is 10.4 Å². The van der Waals surface area contributed by atoms with Gasteiger partial charge in [-0.25, -0.2) is 13.4 Å². The Morgan fingerprint density at radius 3 is 2.73 bits per heavy atom. The Kier molecular flexibility index (Phi) is 5.94. The zero-order valence-electron chi connectivity index (χ0n) is 15.9. The van der Waals surface area contributed by atoms with Gasteiger partial charge in [0.05, 0.1) is 41.0 Å². The van der Waals surface area contributed by atoms with Crippen molar-refractivity contribution in [1.29, 1.82) is 0 Å². The number of aromatic nitrogens is 1. The van der Waals surface area contributed by atoms with Crippen molar-refractivity contribution in [2.75, 3.05) is 38.7 Å². The predicted molar refractivity (Wildman–Crippen MR) is 115 cm³/mol.